The monoisotopic (exact) mass is 290 g/mol. The van der Waals surface area contributed by atoms with Crippen molar-refractivity contribution >= 4 is 5.91 Å². The number of carbonyl (C=O) groups is 1. The predicted molar refractivity (Wildman–Crippen MR) is 85.4 cm³/mol. The lowest BCUT2D eigenvalue weighted by Gasteiger charge is -2.37. The molecule has 0 N–H and O–H groups in total. The summed E-state index contributed by atoms with van der Waals surface area (Å²) in [6.45, 7) is 6.12. The lowest BCUT2D eigenvalue weighted by atomic mass is 9.94. The molecule has 3 nitrogen and oxygen atoms in total. The fourth-order valence-corrected chi connectivity index (χ4v) is 3.10. The van der Waals surface area contributed by atoms with Crippen LogP contribution >= 0.6 is 0 Å². The van der Waals surface area contributed by atoms with E-state index < -0.39 is 0 Å². The Bertz CT molecular complexity index is 766. The van der Waals surface area contributed by atoms with Crippen LogP contribution in [0, 0.1) is 11.3 Å². The van der Waals surface area contributed by atoms with Crippen LogP contribution in [-0.2, 0) is 0 Å². The molecule has 0 saturated heterocycles. The molecule has 3 rings (SSSR count). The highest BCUT2D eigenvalue weighted by molar-refractivity contribution is 6.00. The molecule has 1 amide bonds. The molecule has 1 heterocycles. The van der Waals surface area contributed by atoms with Crippen molar-refractivity contribution in [2.24, 2.45) is 0 Å². The third-order valence-corrected chi connectivity index (χ3v) is 4.02. The van der Waals surface area contributed by atoms with E-state index in [-0.39, 0.29) is 17.5 Å². The Morgan fingerprint density at radius 3 is 2.36 bits per heavy atom. The third-order valence-electron chi connectivity index (χ3n) is 4.02. The molecule has 3 heteroatoms. The molecule has 0 radical (unpaired) electrons. The Kier molecular flexibility index (Phi) is 3.26. The van der Waals surface area contributed by atoms with Crippen LogP contribution in [0.5, 0.6) is 0 Å². The van der Waals surface area contributed by atoms with Crippen molar-refractivity contribution in [2.75, 3.05) is 0 Å². The number of amides is 1. The highest BCUT2D eigenvalue weighted by atomic mass is 16.2. The van der Waals surface area contributed by atoms with Gasteiger partial charge in [0.05, 0.1) is 17.7 Å². The maximum Gasteiger partial charge on any atom is 0.255 e. The molecule has 0 spiro atoms. The van der Waals surface area contributed by atoms with Crippen LogP contribution in [0.3, 0.4) is 0 Å². The average Bonchev–Trinajstić information content (AvgIpc) is 2.80. The molecule has 1 aliphatic heterocycles. The third kappa shape index (κ3) is 2.17. The van der Waals surface area contributed by atoms with Gasteiger partial charge in [0.15, 0.2) is 0 Å². The van der Waals surface area contributed by atoms with Crippen LogP contribution in [0.2, 0.25) is 0 Å². The van der Waals surface area contributed by atoms with E-state index in [0.29, 0.717) is 11.1 Å². The van der Waals surface area contributed by atoms with Gasteiger partial charge in [0.1, 0.15) is 0 Å². The maximum absolute atomic E-state index is 12.9. The molecule has 0 aromatic heterocycles. The van der Waals surface area contributed by atoms with E-state index >= 15 is 0 Å². The summed E-state index contributed by atoms with van der Waals surface area (Å²) in [5.74, 6) is 0.0286. The molecule has 0 saturated carbocycles. The van der Waals surface area contributed by atoms with E-state index in [1.54, 1.807) is 12.1 Å². The van der Waals surface area contributed by atoms with Gasteiger partial charge in [0.25, 0.3) is 5.91 Å². The lowest BCUT2D eigenvalue weighted by Crippen LogP contribution is -2.44. The molecule has 1 atom stereocenters. The van der Waals surface area contributed by atoms with Gasteiger partial charge in [-0.3, -0.25) is 4.79 Å². The molecule has 110 valence electrons. The summed E-state index contributed by atoms with van der Waals surface area (Å²) in [6, 6.07) is 17.3. The SMILES string of the molecule is CC(C)(C)N1C(=O)c2ccc(C#N)cc2C1c1ccccc1. The van der Waals surface area contributed by atoms with Gasteiger partial charge >= 0.3 is 0 Å². The van der Waals surface area contributed by atoms with Crippen molar-refractivity contribution in [2.45, 2.75) is 32.4 Å². The second kappa shape index (κ2) is 4.99. The van der Waals surface area contributed by atoms with E-state index in [4.69, 9.17) is 5.26 Å². The summed E-state index contributed by atoms with van der Waals surface area (Å²) in [5.41, 5.74) is 2.97. The Labute approximate surface area is 130 Å². The molecule has 0 bridgehead atoms. The van der Waals surface area contributed by atoms with Crippen molar-refractivity contribution in [3.05, 3.63) is 70.8 Å². The quantitative estimate of drug-likeness (QED) is 0.799. The fourth-order valence-electron chi connectivity index (χ4n) is 3.10. The van der Waals surface area contributed by atoms with Gasteiger partial charge in [-0.05, 0) is 50.1 Å². The number of rotatable bonds is 1. The van der Waals surface area contributed by atoms with Crippen molar-refractivity contribution in [1.29, 1.82) is 5.26 Å². The molecule has 1 unspecified atom stereocenters. The first kappa shape index (κ1) is 14.3. The van der Waals surface area contributed by atoms with Gasteiger partial charge in [0, 0.05) is 11.1 Å². The minimum Gasteiger partial charge on any atom is -0.323 e. The first-order valence-corrected chi connectivity index (χ1v) is 7.36. The number of nitrogens with zero attached hydrogens (tertiary/aromatic N) is 2. The standard InChI is InChI=1S/C19H18N2O/c1-19(2,3)21-17(14-7-5-4-6-8-14)16-11-13(12-20)9-10-15(16)18(21)22/h4-11,17H,1-3H3. The molecule has 2 aromatic rings. The summed E-state index contributed by atoms with van der Waals surface area (Å²) in [4.78, 5) is 14.8. The zero-order valence-corrected chi connectivity index (χ0v) is 13.0. The van der Waals surface area contributed by atoms with Gasteiger partial charge in [0.2, 0.25) is 0 Å². The maximum atomic E-state index is 12.9. The van der Waals surface area contributed by atoms with Crippen molar-refractivity contribution in [3.63, 3.8) is 0 Å². The number of fused-ring (bicyclic) bond motifs is 1. The van der Waals surface area contributed by atoms with E-state index in [1.165, 1.54) is 0 Å². The molecule has 22 heavy (non-hydrogen) atoms. The normalized spacial score (nSPS) is 17.3. The first-order valence-electron chi connectivity index (χ1n) is 7.36. The largest absolute Gasteiger partial charge is 0.323 e. The van der Waals surface area contributed by atoms with Gasteiger partial charge in [-0.25, -0.2) is 0 Å². The van der Waals surface area contributed by atoms with Gasteiger partial charge in [-0.2, -0.15) is 5.26 Å². The van der Waals surface area contributed by atoms with Gasteiger partial charge in [-0.15, -0.1) is 0 Å². The number of carbonyl (C=O) groups excluding carboxylic acids is 1. The van der Waals surface area contributed by atoms with E-state index in [9.17, 15) is 4.79 Å². The highest BCUT2D eigenvalue weighted by Gasteiger charge is 2.43. The second-order valence-corrected chi connectivity index (χ2v) is 6.57. The number of benzene rings is 2. The van der Waals surface area contributed by atoms with Crippen LogP contribution in [0.1, 0.15) is 53.9 Å². The molecule has 0 aliphatic carbocycles. The summed E-state index contributed by atoms with van der Waals surface area (Å²) in [5, 5.41) is 9.17. The van der Waals surface area contributed by atoms with Crippen LogP contribution < -0.4 is 0 Å². The topological polar surface area (TPSA) is 44.1 Å². The average molecular weight is 290 g/mol. The van der Waals surface area contributed by atoms with Crippen molar-refractivity contribution < 1.29 is 4.79 Å². The molecule has 2 aromatic carbocycles. The highest BCUT2D eigenvalue weighted by Crippen LogP contribution is 2.42. The van der Waals surface area contributed by atoms with E-state index in [0.717, 1.165) is 11.1 Å². The summed E-state index contributed by atoms with van der Waals surface area (Å²) in [6.07, 6.45) is 0. The zero-order chi connectivity index (χ0) is 15.9. The molecule has 1 aliphatic rings. The minimum atomic E-state index is -0.302. The predicted octanol–water partition coefficient (Wildman–Crippen LogP) is 3.90. The van der Waals surface area contributed by atoms with Gasteiger partial charge in [-0.1, -0.05) is 30.3 Å². The first-order chi connectivity index (χ1) is 10.4. The summed E-state index contributed by atoms with van der Waals surface area (Å²) >= 11 is 0. The molecular weight excluding hydrogens is 272 g/mol. The van der Waals surface area contributed by atoms with Crippen LogP contribution in [0.4, 0.5) is 0 Å². The van der Waals surface area contributed by atoms with Crippen molar-refractivity contribution in [1.82, 2.24) is 4.90 Å². The summed E-state index contributed by atoms with van der Waals surface area (Å²) < 4.78 is 0. The van der Waals surface area contributed by atoms with Crippen LogP contribution in [-0.4, -0.2) is 16.3 Å². The Hall–Kier alpha value is -2.60. The zero-order valence-electron chi connectivity index (χ0n) is 13.0. The van der Waals surface area contributed by atoms with Gasteiger partial charge < -0.3 is 4.90 Å². The number of nitriles is 1. The molecular formula is C19H18N2O. The minimum absolute atomic E-state index is 0.0286. The van der Waals surface area contributed by atoms with E-state index in [1.807, 2.05) is 62.1 Å². The number of hydrogen-bond donors (Lipinski definition) is 0. The smallest absolute Gasteiger partial charge is 0.255 e. The number of hydrogen-bond acceptors (Lipinski definition) is 2. The second-order valence-electron chi connectivity index (χ2n) is 6.57. The Balaban J connectivity index is 2.24. The fraction of sp³-hybridized carbons (Fsp3) is 0.263. The lowest BCUT2D eigenvalue weighted by molar-refractivity contribution is 0.0552. The van der Waals surface area contributed by atoms with Crippen LogP contribution in [0.25, 0.3) is 0 Å². The Morgan fingerprint density at radius 2 is 1.77 bits per heavy atom. The van der Waals surface area contributed by atoms with Crippen LogP contribution in [0.15, 0.2) is 48.5 Å². The molecule has 0 fully saturated rings. The van der Waals surface area contributed by atoms with Crippen molar-refractivity contribution in [3.8, 4) is 6.07 Å². The van der Waals surface area contributed by atoms with E-state index in [2.05, 4.69) is 6.07 Å². The summed E-state index contributed by atoms with van der Waals surface area (Å²) in [7, 11) is 0. The Morgan fingerprint density at radius 1 is 1.09 bits per heavy atom.